The highest BCUT2D eigenvalue weighted by Gasteiger charge is 2.00. The summed E-state index contributed by atoms with van der Waals surface area (Å²) in [7, 11) is 0. The molecule has 0 aliphatic carbocycles. The van der Waals surface area contributed by atoms with Crippen molar-refractivity contribution in [3.05, 3.63) is 46.5 Å². The maximum absolute atomic E-state index is 8.12. The van der Waals surface area contributed by atoms with Gasteiger partial charge in [0.05, 0.1) is 6.54 Å². The molecule has 4 nitrogen and oxygen atoms in total. The number of para-hydroxylation sites is 1. The van der Waals surface area contributed by atoms with Crippen molar-refractivity contribution < 1.29 is 4.42 Å². The van der Waals surface area contributed by atoms with Gasteiger partial charge in [-0.25, -0.2) is 0 Å². The van der Waals surface area contributed by atoms with Crippen molar-refractivity contribution >= 4 is 11.0 Å². The Morgan fingerprint density at radius 3 is 3.00 bits per heavy atom. The van der Waals surface area contributed by atoms with Gasteiger partial charge in [0.15, 0.2) is 0 Å². The maximum atomic E-state index is 8.12. The quantitative estimate of drug-likeness (QED) is 0.390. The van der Waals surface area contributed by atoms with Gasteiger partial charge in [-0.05, 0) is 17.7 Å². The van der Waals surface area contributed by atoms with Crippen molar-refractivity contribution in [2.45, 2.75) is 6.54 Å². The van der Waals surface area contributed by atoms with E-state index in [2.05, 4.69) is 10.0 Å². The van der Waals surface area contributed by atoms with E-state index in [1.54, 1.807) is 0 Å². The zero-order chi connectivity index (χ0) is 9.10. The van der Waals surface area contributed by atoms with Crippen LogP contribution in [0.2, 0.25) is 0 Å². The van der Waals surface area contributed by atoms with Crippen molar-refractivity contribution in [2.75, 3.05) is 0 Å². The summed E-state index contributed by atoms with van der Waals surface area (Å²) in [6.07, 6.45) is 0. The van der Waals surface area contributed by atoms with E-state index in [1.165, 1.54) is 0 Å². The highest BCUT2D eigenvalue weighted by atomic mass is 16.3. The SMILES string of the molecule is [N-]=[N+]=NCc1cc2ccccc2o1. The molecule has 1 aromatic heterocycles. The second-order valence-electron chi connectivity index (χ2n) is 2.64. The Balaban J connectivity index is 2.43. The molecule has 0 saturated carbocycles. The Labute approximate surface area is 74.4 Å². The Hall–Kier alpha value is -1.93. The molecule has 0 amide bonds. The van der Waals surface area contributed by atoms with Gasteiger partial charge in [-0.1, -0.05) is 23.3 Å². The van der Waals surface area contributed by atoms with Crippen molar-refractivity contribution in [2.24, 2.45) is 5.11 Å². The van der Waals surface area contributed by atoms with Crippen molar-refractivity contribution in [3.63, 3.8) is 0 Å². The Bertz CT molecular complexity index is 435. The molecule has 4 heteroatoms. The number of azide groups is 1. The van der Waals surface area contributed by atoms with Gasteiger partial charge < -0.3 is 4.42 Å². The molecule has 0 N–H and O–H groups in total. The van der Waals surface area contributed by atoms with E-state index in [0.29, 0.717) is 5.76 Å². The van der Waals surface area contributed by atoms with Crippen molar-refractivity contribution in [1.82, 2.24) is 0 Å². The third kappa shape index (κ3) is 1.48. The fourth-order valence-corrected chi connectivity index (χ4v) is 1.22. The molecule has 2 rings (SSSR count). The molecule has 2 aromatic rings. The number of hydrogen-bond acceptors (Lipinski definition) is 2. The van der Waals surface area contributed by atoms with Crippen LogP contribution in [0.3, 0.4) is 0 Å². The van der Waals surface area contributed by atoms with E-state index in [4.69, 9.17) is 9.95 Å². The van der Waals surface area contributed by atoms with Gasteiger partial charge in [-0.3, -0.25) is 0 Å². The van der Waals surface area contributed by atoms with Gasteiger partial charge >= 0.3 is 0 Å². The highest BCUT2D eigenvalue weighted by molar-refractivity contribution is 5.77. The van der Waals surface area contributed by atoms with Gasteiger partial charge in [-0.2, -0.15) is 0 Å². The van der Waals surface area contributed by atoms with Crippen molar-refractivity contribution in [1.29, 1.82) is 0 Å². The smallest absolute Gasteiger partial charge is 0.134 e. The molecule has 64 valence electrons. The molecule has 1 heterocycles. The third-order valence-electron chi connectivity index (χ3n) is 1.77. The summed E-state index contributed by atoms with van der Waals surface area (Å²) in [5.74, 6) is 0.694. The van der Waals surface area contributed by atoms with Crippen LogP contribution < -0.4 is 0 Å². The average Bonchev–Trinajstić information content (AvgIpc) is 2.57. The van der Waals surface area contributed by atoms with Crippen LogP contribution in [0.5, 0.6) is 0 Å². The first-order valence-electron chi connectivity index (χ1n) is 3.88. The number of furan rings is 1. The van der Waals surface area contributed by atoms with Crippen LogP contribution in [0.4, 0.5) is 0 Å². The molecule has 0 bridgehead atoms. The second kappa shape index (κ2) is 3.21. The van der Waals surface area contributed by atoms with Gasteiger partial charge in [0.1, 0.15) is 11.3 Å². The van der Waals surface area contributed by atoms with Gasteiger partial charge in [0.25, 0.3) is 0 Å². The molecule has 0 fully saturated rings. The number of nitrogens with zero attached hydrogens (tertiary/aromatic N) is 3. The lowest BCUT2D eigenvalue weighted by molar-refractivity contribution is 0.552. The number of fused-ring (bicyclic) bond motifs is 1. The third-order valence-corrected chi connectivity index (χ3v) is 1.77. The summed E-state index contributed by atoms with van der Waals surface area (Å²) < 4.78 is 5.41. The van der Waals surface area contributed by atoms with E-state index < -0.39 is 0 Å². The molecule has 0 saturated heterocycles. The van der Waals surface area contributed by atoms with Crippen LogP contribution in [-0.2, 0) is 6.54 Å². The molecule has 0 unspecified atom stereocenters. The Morgan fingerprint density at radius 2 is 2.23 bits per heavy atom. The minimum Gasteiger partial charge on any atom is -0.461 e. The van der Waals surface area contributed by atoms with E-state index in [-0.39, 0.29) is 6.54 Å². The summed E-state index contributed by atoms with van der Waals surface area (Å²) in [4.78, 5) is 2.67. The van der Waals surface area contributed by atoms with Gasteiger partial charge in [0.2, 0.25) is 0 Å². The minimum absolute atomic E-state index is 0.269. The zero-order valence-corrected chi connectivity index (χ0v) is 6.84. The summed E-state index contributed by atoms with van der Waals surface area (Å²) in [6, 6.07) is 9.57. The standard InChI is InChI=1S/C9H7N3O/c10-12-11-6-8-5-7-3-1-2-4-9(7)13-8/h1-5H,6H2. The van der Waals surface area contributed by atoms with E-state index in [0.717, 1.165) is 11.0 Å². The van der Waals surface area contributed by atoms with E-state index >= 15 is 0 Å². The highest BCUT2D eigenvalue weighted by Crippen LogP contribution is 2.19. The van der Waals surface area contributed by atoms with Crippen LogP contribution in [0.25, 0.3) is 21.4 Å². The Kier molecular flexibility index (Phi) is 1.90. The summed E-state index contributed by atoms with van der Waals surface area (Å²) in [5, 5.41) is 4.46. The first-order chi connectivity index (χ1) is 6.40. The zero-order valence-electron chi connectivity index (χ0n) is 6.84. The van der Waals surface area contributed by atoms with Crippen LogP contribution in [0.15, 0.2) is 39.9 Å². The monoisotopic (exact) mass is 173 g/mol. The minimum atomic E-state index is 0.269. The molecule has 13 heavy (non-hydrogen) atoms. The van der Waals surface area contributed by atoms with Crippen LogP contribution in [0.1, 0.15) is 5.76 Å². The molecule has 0 aliphatic heterocycles. The lowest BCUT2D eigenvalue weighted by Gasteiger charge is -1.84. The van der Waals surface area contributed by atoms with Crippen LogP contribution >= 0.6 is 0 Å². The first kappa shape index (κ1) is 7.71. The molecule has 1 aromatic carbocycles. The maximum Gasteiger partial charge on any atom is 0.134 e. The van der Waals surface area contributed by atoms with Gasteiger partial charge in [-0.15, -0.1) is 0 Å². The molecular weight excluding hydrogens is 166 g/mol. The predicted octanol–water partition coefficient (Wildman–Crippen LogP) is 3.24. The fourth-order valence-electron chi connectivity index (χ4n) is 1.22. The van der Waals surface area contributed by atoms with Crippen molar-refractivity contribution in [3.8, 4) is 0 Å². The fraction of sp³-hybridized carbons (Fsp3) is 0.111. The van der Waals surface area contributed by atoms with E-state index in [9.17, 15) is 0 Å². The largest absolute Gasteiger partial charge is 0.461 e. The number of benzene rings is 1. The van der Waals surface area contributed by atoms with Crippen LogP contribution in [-0.4, -0.2) is 0 Å². The average molecular weight is 173 g/mol. The lowest BCUT2D eigenvalue weighted by atomic mass is 10.2. The van der Waals surface area contributed by atoms with Gasteiger partial charge in [0, 0.05) is 10.3 Å². The topological polar surface area (TPSA) is 61.9 Å². The second-order valence-corrected chi connectivity index (χ2v) is 2.64. The molecule has 0 aliphatic rings. The molecular formula is C9H7N3O. The summed E-state index contributed by atoms with van der Waals surface area (Å²) in [5.41, 5.74) is 8.94. The lowest BCUT2D eigenvalue weighted by Crippen LogP contribution is -1.69. The Morgan fingerprint density at radius 1 is 1.38 bits per heavy atom. The molecule has 0 radical (unpaired) electrons. The summed E-state index contributed by atoms with van der Waals surface area (Å²) in [6.45, 7) is 0.269. The van der Waals surface area contributed by atoms with Crippen LogP contribution in [0, 0.1) is 0 Å². The summed E-state index contributed by atoms with van der Waals surface area (Å²) >= 11 is 0. The number of hydrogen-bond donors (Lipinski definition) is 0. The molecule has 0 spiro atoms. The first-order valence-corrected chi connectivity index (χ1v) is 3.88. The van der Waals surface area contributed by atoms with E-state index in [1.807, 2.05) is 30.3 Å². The predicted molar refractivity (Wildman–Crippen MR) is 49.1 cm³/mol. The normalized spacial score (nSPS) is 9.85. The number of rotatable bonds is 2. The molecule has 0 atom stereocenters.